The summed E-state index contributed by atoms with van der Waals surface area (Å²) < 4.78 is 2.50. The first-order valence-electron chi connectivity index (χ1n) is 4.31. The average Bonchev–Trinajstić information content (AvgIpc) is 2.42. The van der Waals surface area contributed by atoms with Crippen LogP contribution in [0.25, 0.3) is 0 Å². The Kier molecular flexibility index (Phi) is 3.65. The van der Waals surface area contributed by atoms with Gasteiger partial charge in [-0.05, 0) is 26.1 Å². The summed E-state index contributed by atoms with van der Waals surface area (Å²) in [6.45, 7) is 7.24. The number of carbonyl (C=O) groups excluding carboxylic acids is 1. The Labute approximate surface area is 97.6 Å². The third-order valence-corrected chi connectivity index (χ3v) is 3.55. The van der Waals surface area contributed by atoms with E-state index >= 15 is 0 Å². The molecule has 0 saturated carbocycles. The zero-order valence-corrected chi connectivity index (χ0v) is 10.5. The van der Waals surface area contributed by atoms with E-state index in [1.54, 1.807) is 6.92 Å². The number of amides is 1. The Morgan fingerprint density at radius 1 is 1.53 bits per heavy atom. The molecule has 0 aromatic carbocycles. The number of hydrazine groups is 1. The quantitative estimate of drug-likeness (QED) is 0.629. The van der Waals surface area contributed by atoms with Crippen LogP contribution in [0.2, 0.25) is 0 Å². The smallest absolute Gasteiger partial charge is 0.281 e. The second kappa shape index (κ2) is 4.59. The van der Waals surface area contributed by atoms with Crippen LogP contribution in [0.4, 0.5) is 0 Å². The standard InChI is InChI=1S/C9H13N3OS2/c1-5(2)10-11-8(13)7-6(3)12(4)9(14)15-7/h10H,1H2,2-4H3,(H,11,13). The van der Waals surface area contributed by atoms with Gasteiger partial charge in [-0.2, -0.15) is 0 Å². The van der Waals surface area contributed by atoms with Gasteiger partial charge in [0.05, 0.1) is 0 Å². The van der Waals surface area contributed by atoms with E-state index in [2.05, 4.69) is 17.4 Å². The number of rotatable bonds is 3. The van der Waals surface area contributed by atoms with Crippen molar-refractivity contribution in [2.75, 3.05) is 0 Å². The van der Waals surface area contributed by atoms with Crippen LogP contribution in [0, 0.1) is 10.9 Å². The van der Waals surface area contributed by atoms with E-state index < -0.39 is 0 Å². The lowest BCUT2D eigenvalue weighted by atomic mass is 10.4. The topological polar surface area (TPSA) is 46.1 Å². The molecule has 0 spiro atoms. The summed E-state index contributed by atoms with van der Waals surface area (Å²) in [4.78, 5) is 12.3. The molecule has 0 fully saturated rings. The Hall–Kier alpha value is -1.14. The number of carbonyl (C=O) groups is 1. The predicted octanol–water partition coefficient (Wildman–Crippen LogP) is 1.89. The highest BCUT2D eigenvalue weighted by Gasteiger charge is 2.13. The van der Waals surface area contributed by atoms with Crippen molar-refractivity contribution < 1.29 is 4.79 Å². The van der Waals surface area contributed by atoms with Gasteiger partial charge in [-0.1, -0.05) is 17.9 Å². The first-order chi connectivity index (χ1) is 6.93. The molecule has 0 aliphatic rings. The van der Waals surface area contributed by atoms with Gasteiger partial charge in [-0.3, -0.25) is 10.2 Å². The van der Waals surface area contributed by atoms with Crippen molar-refractivity contribution >= 4 is 29.5 Å². The van der Waals surface area contributed by atoms with Gasteiger partial charge in [-0.15, -0.1) is 0 Å². The lowest BCUT2D eigenvalue weighted by Crippen LogP contribution is -2.35. The Morgan fingerprint density at radius 2 is 2.13 bits per heavy atom. The van der Waals surface area contributed by atoms with E-state index in [1.165, 1.54) is 11.3 Å². The molecule has 1 heterocycles. The fourth-order valence-electron chi connectivity index (χ4n) is 0.950. The molecule has 1 rings (SSSR count). The van der Waals surface area contributed by atoms with Gasteiger partial charge >= 0.3 is 0 Å². The molecule has 0 unspecified atom stereocenters. The number of thiazole rings is 1. The van der Waals surface area contributed by atoms with Crippen molar-refractivity contribution in [3.8, 4) is 0 Å². The second-order valence-electron chi connectivity index (χ2n) is 3.20. The number of allylic oxidation sites excluding steroid dienone is 1. The van der Waals surface area contributed by atoms with Crippen LogP contribution in [-0.4, -0.2) is 10.5 Å². The van der Waals surface area contributed by atoms with Gasteiger partial charge < -0.3 is 9.99 Å². The van der Waals surface area contributed by atoms with Crippen molar-refractivity contribution in [1.29, 1.82) is 0 Å². The average molecular weight is 243 g/mol. The van der Waals surface area contributed by atoms with Crippen LogP contribution in [0.3, 0.4) is 0 Å². The summed E-state index contributed by atoms with van der Waals surface area (Å²) in [5.41, 5.74) is 6.76. The minimum atomic E-state index is -0.188. The number of nitrogens with one attached hydrogen (secondary N) is 2. The van der Waals surface area contributed by atoms with E-state index in [-0.39, 0.29) is 5.91 Å². The normalized spacial score (nSPS) is 9.80. The predicted molar refractivity (Wildman–Crippen MR) is 64.3 cm³/mol. The fraction of sp³-hybridized carbons (Fsp3) is 0.333. The van der Waals surface area contributed by atoms with Crippen LogP contribution in [0.15, 0.2) is 12.3 Å². The molecule has 0 radical (unpaired) electrons. The summed E-state index contributed by atoms with van der Waals surface area (Å²) in [7, 11) is 1.84. The van der Waals surface area contributed by atoms with Crippen molar-refractivity contribution in [2.24, 2.45) is 7.05 Å². The van der Waals surface area contributed by atoms with E-state index in [1.807, 2.05) is 18.5 Å². The van der Waals surface area contributed by atoms with Crippen molar-refractivity contribution in [1.82, 2.24) is 15.4 Å². The van der Waals surface area contributed by atoms with E-state index in [0.717, 1.165) is 5.69 Å². The third kappa shape index (κ3) is 2.66. The highest BCUT2D eigenvalue weighted by Crippen LogP contribution is 2.16. The van der Waals surface area contributed by atoms with Gasteiger partial charge in [0.2, 0.25) is 0 Å². The lowest BCUT2D eigenvalue weighted by Gasteiger charge is -2.06. The van der Waals surface area contributed by atoms with E-state index in [0.29, 0.717) is 14.5 Å². The third-order valence-electron chi connectivity index (χ3n) is 1.89. The van der Waals surface area contributed by atoms with E-state index in [9.17, 15) is 4.79 Å². The summed E-state index contributed by atoms with van der Waals surface area (Å²) in [5, 5.41) is 0. The summed E-state index contributed by atoms with van der Waals surface area (Å²) in [5.74, 6) is -0.188. The monoisotopic (exact) mass is 243 g/mol. The number of aromatic nitrogens is 1. The second-order valence-corrected chi connectivity index (χ2v) is 4.85. The minimum Gasteiger partial charge on any atom is -0.330 e. The molecule has 6 heteroatoms. The first-order valence-corrected chi connectivity index (χ1v) is 5.54. The van der Waals surface area contributed by atoms with Gasteiger partial charge in [0.25, 0.3) is 5.91 Å². The highest BCUT2D eigenvalue weighted by molar-refractivity contribution is 7.73. The number of hydrogen-bond acceptors (Lipinski definition) is 4. The maximum atomic E-state index is 11.7. The molecule has 0 bridgehead atoms. The zero-order chi connectivity index (χ0) is 11.6. The molecule has 0 aliphatic heterocycles. The molecule has 0 aliphatic carbocycles. The van der Waals surface area contributed by atoms with Crippen molar-refractivity contribution in [3.63, 3.8) is 0 Å². The largest absolute Gasteiger partial charge is 0.330 e. The Balaban J connectivity index is 2.87. The highest BCUT2D eigenvalue weighted by atomic mass is 32.1. The number of hydrogen-bond donors (Lipinski definition) is 2. The zero-order valence-electron chi connectivity index (χ0n) is 8.88. The molecule has 0 atom stereocenters. The van der Waals surface area contributed by atoms with Crippen LogP contribution in [0.5, 0.6) is 0 Å². The first kappa shape index (κ1) is 11.9. The molecule has 1 amide bonds. The number of nitrogens with zero attached hydrogens (tertiary/aromatic N) is 1. The molecule has 2 N–H and O–H groups in total. The fourth-order valence-corrected chi connectivity index (χ4v) is 2.21. The van der Waals surface area contributed by atoms with Gasteiger partial charge in [-0.25, -0.2) is 0 Å². The summed E-state index contributed by atoms with van der Waals surface area (Å²) >= 11 is 6.38. The Bertz CT molecular complexity index is 458. The molecule has 1 aromatic heterocycles. The van der Waals surface area contributed by atoms with Crippen molar-refractivity contribution in [2.45, 2.75) is 13.8 Å². The molecule has 15 heavy (non-hydrogen) atoms. The van der Waals surface area contributed by atoms with Crippen LogP contribution >= 0.6 is 23.6 Å². The minimum absolute atomic E-state index is 0.188. The molecular formula is C9H13N3OS2. The van der Waals surface area contributed by atoms with Crippen LogP contribution in [-0.2, 0) is 7.05 Å². The van der Waals surface area contributed by atoms with Crippen LogP contribution in [0.1, 0.15) is 22.3 Å². The van der Waals surface area contributed by atoms with Crippen molar-refractivity contribution in [3.05, 3.63) is 26.8 Å². The summed E-state index contributed by atoms with van der Waals surface area (Å²) in [6.07, 6.45) is 0. The molecule has 82 valence electrons. The maximum absolute atomic E-state index is 11.7. The maximum Gasteiger partial charge on any atom is 0.281 e. The van der Waals surface area contributed by atoms with Gasteiger partial charge in [0.1, 0.15) is 4.88 Å². The SMILES string of the molecule is C=C(C)NNC(=O)c1sc(=S)n(C)c1C. The van der Waals surface area contributed by atoms with Gasteiger partial charge in [0.15, 0.2) is 3.95 Å². The lowest BCUT2D eigenvalue weighted by molar-refractivity contribution is 0.0942. The molecular weight excluding hydrogens is 230 g/mol. The van der Waals surface area contributed by atoms with Gasteiger partial charge in [0, 0.05) is 18.4 Å². The van der Waals surface area contributed by atoms with E-state index in [4.69, 9.17) is 12.2 Å². The Morgan fingerprint density at radius 3 is 2.53 bits per heavy atom. The molecule has 0 saturated heterocycles. The van der Waals surface area contributed by atoms with Crippen LogP contribution < -0.4 is 10.9 Å². The summed E-state index contributed by atoms with van der Waals surface area (Å²) in [6, 6.07) is 0. The molecule has 1 aromatic rings. The molecule has 4 nitrogen and oxygen atoms in total.